The van der Waals surface area contributed by atoms with E-state index in [0.717, 1.165) is 56.8 Å². The molecule has 0 aromatic heterocycles. The van der Waals surface area contributed by atoms with Gasteiger partial charge >= 0.3 is 0 Å². The van der Waals surface area contributed by atoms with Gasteiger partial charge in [-0.2, -0.15) is 0 Å². The third kappa shape index (κ3) is 9.54. The van der Waals surface area contributed by atoms with Crippen LogP contribution in [0.1, 0.15) is 35.1 Å². The Morgan fingerprint density at radius 3 is 0.983 bits per heavy atom. The third-order valence-electron chi connectivity index (χ3n) is 10.5. The Bertz CT molecular complexity index is 2270. The van der Waals surface area contributed by atoms with Gasteiger partial charge in [0.25, 0.3) is 0 Å². The number of nitrogens with one attached hydrogen (secondary N) is 4. The standard InChI is InChI=1S/C52H50N4O2/c1-37-5-17-43(18-6-37)53-45-29-33-51(34-30-45,55-47-21-9-39(3)10-22-47)57-49-25-13-41(14-26-49)42-15-27-50(28-16-42)58-52(56-48-23-11-40(4)12-24-48)35-31-46(32-36-52)54-44-19-7-38(2)8-20-44/h5-33,35,53-56H,34,36H2,1-4H3. The van der Waals surface area contributed by atoms with Crippen LogP contribution in [0.5, 0.6) is 11.5 Å². The highest BCUT2D eigenvalue weighted by Crippen LogP contribution is 2.34. The molecule has 0 saturated heterocycles. The SMILES string of the molecule is Cc1ccc(NC2=CCC(Nc3ccc(C)cc3)(Oc3ccc(-c4ccc(OC5(Nc6ccc(C)cc6)C=CC(Nc6ccc(C)cc6)=CC5)cc4)cc3)C=C2)cc1. The van der Waals surface area contributed by atoms with E-state index in [2.05, 4.69) is 207 Å². The Hall–Kier alpha value is -6.92. The number of hydrogen-bond donors (Lipinski definition) is 4. The number of allylic oxidation sites excluding steroid dienone is 2. The second-order valence-electron chi connectivity index (χ2n) is 15.4. The first-order valence-corrected chi connectivity index (χ1v) is 19.9. The lowest BCUT2D eigenvalue weighted by molar-refractivity contribution is 0.151. The van der Waals surface area contributed by atoms with Crippen molar-refractivity contribution >= 4 is 22.7 Å². The smallest absolute Gasteiger partial charge is 0.204 e. The summed E-state index contributed by atoms with van der Waals surface area (Å²) in [6.07, 6.45) is 14.0. The van der Waals surface area contributed by atoms with Gasteiger partial charge in [-0.05, 0) is 136 Å². The van der Waals surface area contributed by atoms with E-state index < -0.39 is 11.4 Å². The molecule has 6 aromatic carbocycles. The molecule has 2 aliphatic rings. The molecule has 0 spiro atoms. The molecular formula is C52H50N4O2. The van der Waals surface area contributed by atoms with Crippen molar-refractivity contribution in [1.29, 1.82) is 0 Å². The molecular weight excluding hydrogens is 713 g/mol. The highest BCUT2D eigenvalue weighted by molar-refractivity contribution is 5.65. The van der Waals surface area contributed by atoms with Crippen molar-refractivity contribution in [2.24, 2.45) is 0 Å². The lowest BCUT2D eigenvalue weighted by atomic mass is 10.0. The van der Waals surface area contributed by atoms with Crippen LogP contribution in [-0.4, -0.2) is 11.4 Å². The summed E-state index contributed by atoms with van der Waals surface area (Å²) in [5.41, 5.74) is 11.7. The number of benzene rings is 6. The minimum Gasteiger partial charge on any atom is -0.464 e. The van der Waals surface area contributed by atoms with E-state index in [1.807, 2.05) is 24.3 Å². The van der Waals surface area contributed by atoms with Crippen LogP contribution >= 0.6 is 0 Å². The van der Waals surface area contributed by atoms with E-state index >= 15 is 0 Å². The van der Waals surface area contributed by atoms with Crippen LogP contribution in [-0.2, 0) is 0 Å². The molecule has 6 nitrogen and oxygen atoms in total. The number of rotatable bonds is 13. The summed E-state index contributed by atoms with van der Waals surface area (Å²) in [5.74, 6) is 1.54. The average molecular weight is 763 g/mol. The van der Waals surface area contributed by atoms with Crippen LogP contribution in [0, 0.1) is 27.7 Å². The predicted molar refractivity (Wildman–Crippen MR) is 241 cm³/mol. The molecule has 0 fully saturated rings. The Morgan fingerprint density at radius 1 is 0.379 bits per heavy atom. The minimum atomic E-state index is -0.767. The van der Waals surface area contributed by atoms with Gasteiger partial charge in [0.15, 0.2) is 0 Å². The molecule has 0 radical (unpaired) electrons. The van der Waals surface area contributed by atoms with Crippen molar-refractivity contribution in [2.75, 3.05) is 21.3 Å². The summed E-state index contributed by atoms with van der Waals surface area (Å²) in [5, 5.41) is 14.4. The van der Waals surface area contributed by atoms with Gasteiger partial charge in [0.1, 0.15) is 11.5 Å². The summed E-state index contributed by atoms with van der Waals surface area (Å²) < 4.78 is 13.6. The highest BCUT2D eigenvalue weighted by atomic mass is 16.5. The Labute approximate surface area is 342 Å². The molecule has 0 saturated carbocycles. The van der Waals surface area contributed by atoms with Gasteiger partial charge < -0.3 is 30.7 Å². The van der Waals surface area contributed by atoms with Crippen LogP contribution in [0.25, 0.3) is 11.1 Å². The number of aryl methyl sites for hydroxylation is 4. The van der Waals surface area contributed by atoms with Gasteiger partial charge in [-0.1, -0.05) is 107 Å². The summed E-state index contributed by atoms with van der Waals surface area (Å²) in [6.45, 7) is 8.38. The molecule has 8 rings (SSSR count). The molecule has 0 heterocycles. The Kier molecular flexibility index (Phi) is 10.9. The van der Waals surface area contributed by atoms with E-state index in [9.17, 15) is 0 Å². The molecule has 0 bridgehead atoms. The van der Waals surface area contributed by atoms with Crippen molar-refractivity contribution in [3.63, 3.8) is 0 Å². The minimum absolute atomic E-state index is 0.630. The molecule has 2 atom stereocenters. The number of hydrogen-bond acceptors (Lipinski definition) is 6. The van der Waals surface area contributed by atoms with Crippen LogP contribution < -0.4 is 30.7 Å². The topological polar surface area (TPSA) is 66.6 Å². The number of ether oxygens (including phenoxy) is 2. The monoisotopic (exact) mass is 762 g/mol. The molecule has 6 heteroatoms. The Morgan fingerprint density at radius 2 is 0.690 bits per heavy atom. The predicted octanol–water partition coefficient (Wildman–Crippen LogP) is 12.9. The maximum absolute atomic E-state index is 6.78. The molecule has 2 aliphatic carbocycles. The van der Waals surface area contributed by atoms with E-state index in [-0.39, 0.29) is 0 Å². The van der Waals surface area contributed by atoms with Gasteiger partial charge in [-0.15, -0.1) is 0 Å². The first kappa shape index (κ1) is 38.0. The molecule has 58 heavy (non-hydrogen) atoms. The van der Waals surface area contributed by atoms with Crippen molar-refractivity contribution in [1.82, 2.24) is 0 Å². The molecule has 290 valence electrons. The van der Waals surface area contributed by atoms with Crippen molar-refractivity contribution < 1.29 is 9.47 Å². The zero-order valence-electron chi connectivity index (χ0n) is 33.6. The fourth-order valence-corrected chi connectivity index (χ4v) is 7.04. The Balaban J connectivity index is 0.963. The van der Waals surface area contributed by atoms with Crippen LogP contribution in [0.2, 0.25) is 0 Å². The fourth-order valence-electron chi connectivity index (χ4n) is 7.04. The normalized spacial score (nSPS) is 18.4. The zero-order chi connectivity index (χ0) is 40.0. The van der Waals surface area contributed by atoms with Gasteiger partial charge in [0.2, 0.25) is 11.4 Å². The van der Waals surface area contributed by atoms with E-state index in [4.69, 9.17) is 9.47 Å². The van der Waals surface area contributed by atoms with Crippen molar-refractivity contribution in [2.45, 2.75) is 52.0 Å². The van der Waals surface area contributed by atoms with Gasteiger partial charge in [0, 0.05) is 47.0 Å². The van der Waals surface area contributed by atoms with E-state index in [1.165, 1.54) is 22.3 Å². The quantitative estimate of drug-likeness (QED) is 0.0879. The lowest BCUT2D eigenvalue weighted by Crippen LogP contribution is -2.43. The molecule has 2 unspecified atom stereocenters. The average Bonchev–Trinajstić information content (AvgIpc) is 3.24. The summed E-state index contributed by atoms with van der Waals surface area (Å²) in [7, 11) is 0. The lowest BCUT2D eigenvalue weighted by Gasteiger charge is -2.35. The van der Waals surface area contributed by atoms with Crippen LogP contribution in [0.3, 0.4) is 0 Å². The fraction of sp³-hybridized carbons (Fsp3) is 0.154. The van der Waals surface area contributed by atoms with Crippen molar-refractivity contribution in [3.8, 4) is 22.6 Å². The largest absolute Gasteiger partial charge is 0.464 e. The molecule has 0 aliphatic heterocycles. The van der Waals surface area contributed by atoms with Crippen molar-refractivity contribution in [3.05, 3.63) is 216 Å². The van der Waals surface area contributed by atoms with Gasteiger partial charge in [-0.25, -0.2) is 0 Å². The van der Waals surface area contributed by atoms with E-state index in [1.54, 1.807) is 0 Å². The van der Waals surface area contributed by atoms with Crippen LogP contribution in [0.4, 0.5) is 22.7 Å². The number of anilines is 4. The second-order valence-corrected chi connectivity index (χ2v) is 15.4. The molecule has 4 N–H and O–H groups in total. The second kappa shape index (κ2) is 16.7. The van der Waals surface area contributed by atoms with Gasteiger partial charge in [0.05, 0.1) is 0 Å². The molecule has 0 amide bonds. The first-order chi connectivity index (χ1) is 28.2. The third-order valence-corrected chi connectivity index (χ3v) is 10.5. The highest BCUT2D eigenvalue weighted by Gasteiger charge is 2.32. The summed E-state index contributed by atoms with van der Waals surface area (Å²) in [6, 6.07) is 50.2. The summed E-state index contributed by atoms with van der Waals surface area (Å²) in [4.78, 5) is 0. The molecule has 6 aromatic rings. The zero-order valence-corrected chi connectivity index (χ0v) is 33.6. The van der Waals surface area contributed by atoms with E-state index in [0.29, 0.717) is 12.8 Å². The van der Waals surface area contributed by atoms with Gasteiger partial charge in [-0.3, -0.25) is 0 Å². The summed E-state index contributed by atoms with van der Waals surface area (Å²) >= 11 is 0. The van der Waals surface area contributed by atoms with Crippen LogP contribution in [0.15, 0.2) is 193 Å². The first-order valence-electron chi connectivity index (χ1n) is 19.9. The maximum Gasteiger partial charge on any atom is 0.204 e. The maximum atomic E-state index is 6.78.